The van der Waals surface area contributed by atoms with Crippen molar-refractivity contribution in [3.05, 3.63) is 18.5 Å². The van der Waals surface area contributed by atoms with Gasteiger partial charge in [-0.15, -0.1) is 0 Å². The first kappa shape index (κ1) is 11.6. The van der Waals surface area contributed by atoms with E-state index in [1.807, 2.05) is 0 Å². The Hall–Kier alpha value is -1.43. The van der Waals surface area contributed by atoms with Gasteiger partial charge in [0.15, 0.2) is 0 Å². The minimum Gasteiger partial charge on any atom is -0.396 e. The highest BCUT2D eigenvalue weighted by atomic mass is 19.3. The van der Waals surface area contributed by atoms with Crippen LogP contribution < -0.4 is 10.6 Å². The standard InChI is InChI=1S/C9H13F2N3O/c10-9(11)6-14(3-4-15)8-1-2-13-5-7(8)12/h1-2,5,9,15H,3-4,6,12H2. The van der Waals surface area contributed by atoms with Gasteiger partial charge in [0, 0.05) is 12.7 Å². The van der Waals surface area contributed by atoms with Gasteiger partial charge in [-0.05, 0) is 6.07 Å². The number of hydrogen-bond donors (Lipinski definition) is 2. The molecule has 1 aromatic heterocycles. The average molecular weight is 217 g/mol. The van der Waals surface area contributed by atoms with E-state index in [-0.39, 0.29) is 13.2 Å². The van der Waals surface area contributed by atoms with Gasteiger partial charge in [-0.1, -0.05) is 0 Å². The second kappa shape index (κ2) is 5.45. The van der Waals surface area contributed by atoms with Crippen LogP contribution in [0.5, 0.6) is 0 Å². The number of aliphatic hydroxyl groups excluding tert-OH is 1. The summed E-state index contributed by atoms with van der Waals surface area (Å²) in [5.74, 6) is 0. The van der Waals surface area contributed by atoms with Gasteiger partial charge in [-0.2, -0.15) is 0 Å². The number of aromatic nitrogens is 1. The molecule has 0 atom stereocenters. The Balaban J connectivity index is 2.83. The zero-order valence-corrected chi connectivity index (χ0v) is 8.11. The molecule has 0 unspecified atom stereocenters. The number of anilines is 2. The topological polar surface area (TPSA) is 62.4 Å². The molecule has 84 valence electrons. The van der Waals surface area contributed by atoms with Crippen LogP contribution in [0, 0.1) is 0 Å². The van der Waals surface area contributed by atoms with Gasteiger partial charge in [-0.3, -0.25) is 4.98 Å². The maximum Gasteiger partial charge on any atom is 0.255 e. The van der Waals surface area contributed by atoms with E-state index in [1.165, 1.54) is 17.3 Å². The Bertz CT molecular complexity index is 309. The Morgan fingerprint density at radius 2 is 2.27 bits per heavy atom. The number of nitrogens with zero attached hydrogens (tertiary/aromatic N) is 2. The summed E-state index contributed by atoms with van der Waals surface area (Å²) < 4.78 is 24.5. The van der Waals surface area contributed by atoms with E-state index in [2.05, 4.69) is 4.98 Å². The molecule has 0 aliphatic rings. The lowest BCUT2D eigenvalue weighted by Crippen LogP contribution is -2.32. The van der Waals surface area contributed by atoms with E-state index in [4.69, 9.17) is 10.8 Å². The third-order valence-corrected chi connectivity index (χ3v) is 1.90. The van der Waals surface area contributed by atoms with E-state index in [9.17, 15) is 8.78 Å². The molecule has 4 nitrogen and oxygen atoms in total. The first-order valence-corrected chi connectivity index (χ1v) is 4.48. The smallest absolute Gasteiger partial charge is 0.255 e. The number of nitrogen functional groups attached to an aromatic ring is 1. The van der Waals surface area contributed by atoms with E-state index < -0.39 is 13.0 Å². The van der Waals surface area contributed by atoms with Crippen LogP contribution in [0.2, 0.25) is 0 Å². The number of alkyl halides is 2. The molecule has 1 heterocycles. The minimum atomic E-state index is -2.47. The van der Waals surface area contributed by atoms with Crippen LogP contribution in [-0.4, -0.2) is 36.2 Å². The predicted octanol–water partition coefficient (Wildman–Crippen LogP) is 0.728. The van der Waals surface area contributed by atoms with Crippen molar-refractivity contribution in [3.8, 4) is 0 Å². The average Bonchev–Trinajstić information content (AvgIpc) is 2.17. The summed E-state index contributed by atoms with van der Waals surface area (Å²) in [4.78, 5) is 5.10. The molecular formula is C9H13F2N3O. The third kappa shape index (κ3) is 3.32. The number of rotatable bonds is 5. The van der Waals surface area contributed by atoms with E-state index >= 15 is 0 Å². The second-order valence-electron chi connectivity index (χ2n) is 3.00. The maximum atomic E-state index is 12.2. The van der Waals surface area contributed by atoms with Gasteiger partial charge < -0.3 is 15.7 Å². The van der Waals surface area contributed by atoms with Crippen molar-refractivity contribution >= 4 is 11.4 Å². The fourth-order valence-electron chi connectivity index (χ4n) is 1.28. The first-order valence-electron chi connectivity index (χ1n) is 4.48. The van der Waals surface area contributed by atoms with Crippen molar-refractivity contribution in [1.29, 1.82) is 0 Å². The van der Waals surface area contributed by atoms with Crippen molar-refractivity contribution < 1.29 is 13.9 Å². The summed E-state index contributed by atoms with van der Waals surface area (Å²) in [6, 6.07) is 1.55. The van der Waals surface area contributed by atoms with E-state index in [1.54, 1.807) is 6.07 Å². The summed E-state index contributed by atoms with van der Waals surface area (Å²) in [6.07, 6.45) is 0.399. The highest BCUT2D eigenvalue weighted by Gasteiger charge is 2.14. The van der Waals surface area contributed by atoms with Crippen molar-refractivity contribution in [2.24, 2.45) is 0 Å². The second-order valence-corrected chi connectivity index (χ2v) is 3.00. The molecular weight excluding hydrogens is 204 g/mol. The number of nitrogens with two attached hydrogens (primary N) is 1. The van der Waals surface area contributed by atoms with Crippen LogP contribution in [0.3, 0.4) is 0 Å². The normalized spacial score (nSPS) is 10.7. The molecule has 3 N–H and O–H groups in total. The lowest BCUT2D eigenvalue weighted by atomic mass is 10.3. The molecule has 0 bridgehead atoms. The highest BCUT2D eigenvalue weighted by molar-refractivity contribution is 5.65. The van der Waals surface area contributed by atoms with Crippen molar-refractivity contribution in [2.45, 2.75) is 6.43 Å². The van der Waals surface area contributed by atoms with Gasteiger partial charge >= 0.3 is 0 Å². The minimum absolute atomic E-state index is 0.124. The molecule has 0 saturated heterocycles. The van der Waals surface area contributed by atoms with Gasteiger partial charge in [-0.25, -0.2) is 8.78 Å². The van der Waals surface area contributed by atoms with Crippen molar-refractivity contribution in [2.75, 3.05) is 30.3 Å². The fourth-order valence-corrected chi connectivity index (χ4v) is 1.28. The van der Waals surface area contributed by atoms with Crippen LogP contribution >= 0.6 is 0 Å². The van der Waals surface area contributed by atoms with Crippen molar-refractivity contribution in [1.82, 2.24) is 4.98 Å². The molecule has 0 aliphatic heterocycles. The molecule has 0 amide bonds. The Kier molecular flexibility index (Phi) is 4.23. The molecule has 0 spiro atoms. The summed E-state index contributed by atoms with van der Waals surface area (Å²) in [7, 11) is 0. The van der Waals surface area contributed by atoms with Crippen LogP contribution in [0.25, 0.3) is 0 Å². The molecule has 0 aromatic carbocycles. The van der Waals surface area contributed by atoms with Crippen LogP contribution in [0.15, 0.2) is 18.5 Å². The zero-order chi connectivity index (χ0) is 11.3. The quantitative estimate of drug-likeness (QED) is 0.763. The maximum absolute atomic E-state index is 12.2. The van der Waals surface area contributed by atoms with Gasteiger partial charge in [0.05, 0.1) is 30.7 Å². The molecule has 0 saturated carbocycles. The third-order valence-electron chi connectivity index (χ3n) is 1.90. The molecule has 0 aliphatic carbocycles. The molecule has 1 aromatic rings. The molecule has 6 heteroatoms. The highest BCUT2D eigenvalue weighted by Crippen LogP contribution is 2.21. The summed E-state index contributed by atoms with van der Waals surface area (Å²) in [5, 5.41) is 8.76. The molecule has 1 rings (SSSR count). The Morgan fingerprint density at radius 1 is 1.53 bits per heavy atom. The molecule has 0 fully saturated rings. The van der Waals surface area contributed by atoms with E-state index in [0.29, 0.717) is 11.4 Å². The number of aliphatic hydroxyl groups is 1. The van der Waals surface area contributed by atoms with Gasteiger partial charge in [0.1, 0.15) is 0 Å². The number of hydrogen-bond acceptors (Lipinski definition) is 4. The van der Waals surface area contributed by atoms with E-state index in [0.717, 1.165) is 0 Å². The van der Waals surface area contributed by atoms with Crippen LogP contribution in [-0.2, 0) is 0 Å². The number of halogens is 2. The largest absolute Gasteiger partial charge is 0.396 e. The molecule has 15 heavy (non-hydrogen) atoms. The lowest BCUT2D eigenvalue weighted by Gasteiger charge is -2.24. The van der Waals surface area contributed by atoms with Gasteiger partial charge in [0.2, 0.25) is 0 Å². The predicted molar refractivity (Wildman–Crippen MR) is 54.0 cm³/mol. The molecule has 0 radical (unpaired) electrons. The summed E-state index contributed by atoms with van der Waals surface area (Å²) in [6.45, 7) is -0.526. The lowest BCUT2D eigenvalue weighted by molar-refractivity contribution is 0.153. The summed E-state index contributed by atoms with van der Waals surface area (Å²) in [5.41, 5.74) is 6.39. The van der Waals surface area contributed by atoms with Crippen molar-refractivity contribution in [3.63, 3.8) is 0 Å². The Labute approximate surface area is 86.3 Å². The van der Waals surface area contributed by atoms with Crippen LogP contribution in [0.1, 0.15) is 0 Å². The number of pyridine rings is 1. The summed E-state index contributed by atoms with van der Waals surface area (Å²) >= 11 is 0. The van der Waals surface area contributed by atoms with Gasteiger partial charge in [0.25, 0.3) is 6.43 Å². The fraction of sp³-hybridized carbons (Fsp3) is 0.444. The Morgan fingerprint density at radius 3 is 2.80 bits per heavy atom. The van der Waals surface area contributed by atoms with Crippen LogP contribution in [0.4, 0.5) is 20.2 Å². The first-order chi connectivity index (χ1) is 7.15. The monoisotopic (exact) mass is 217 g/mol. The zero-order valence-electron chi connectivity index (χ0n) is 8.11. The SMILES string of the molecule is Nc1cnccc1N(CCO)CC(F)F.